The van der Waals surface area contributed by atoms with E-state index in [4.69, 9.17) is 25.8 Å². The molecule has 7 heteroatoms. The van der Waals surface area contributed by atoms with Gasteiger partial charge in [-0.15, -0.1) is 0 Å². The molecule has 174 valence electrons. The molecule has 1 spiro atoms. The van der Waals surface area contributed by atoms with Crippen molar-refractivity contribution in [2.24, 2.45) is 0 Å². The molecule has 2 atom stereocenters. The van der Waals surface area contributed by atoms with Crippen molar-refractivity contribution < 1.29 is 19.0 Å². The number of ether oxygens (including phenoxy) is 3. The molecule has 3 aliphatic heterocycles. The Bertz CT molecular complexity index is 1220. The minimum atomic E-state index is -1.42. The van der Waals surface area contributed by atoms with Crippen molar-refractivity contribution in [3.8, 4) is 5.75 Å². The van der Waals surface area contributed by atoms with Gasteiger partial charge in [0.2, 0.25) is 0 Å². The number of carbonyl (C=O) groups excluding carboxylic acids is 1. The zero-order valence-corrected chi connectivity index (χ0v) is 19.4. The van der Waals surface area contributed by atoms with Gasteiger partial charge in [0.1, 0.15) is 18.5 Å². The molecule has 0 saturated carbocycles. The van der Waals surface area contributed by atoms with E-state index in [1.54, 1.807) is 17.0 Å². The lowest BCUT2D eigenvalue weighted by atomic mass is 10.0. The van der Waals surface area contributed by atoms with Crippen molar-refractivity contribution >= 4 is 23.2 Å². The summed E-state index contributed by atoms with van der Waals surface area (Å²) in [7, 11) is 0. The van der Waals surface area contributed by atoms with Crippen LogP contribution in [0.1, 0.15) is 16.7 Å². The Morgan fingerprint density at radius 1 is 1.00 bits per heavy atom. The first-order chi connectivity index (χ1) is 16.6. The summed E-state index contributed by atoms with van der Waals surface area (Å²) >= 11 is 5.95. The molecule has 0 bridgehead atoms. The minimum absolute atomic E-state index is 0.179. The van der Waals surface area contributed by atoms with Crippen LogP contribution in [-0.4, -0.2) is 43.3 Å². The molecule has 2 unspecified atom stereocenters. The van der Waals surface area contributed by atoms with E-state index in [1.165, 1.54) is 11.1 Å². The molecule has 6 nitrogen and oxygen atoms in total. The van der Waals surface area contributed by atoms with E-state index in [0.29, 0.717) is 17.4 Å². The Labute approximate surface area is 203 Å². The molecular weight excluding hydrogens is 452 g/mol. The van der Waals surface area contributed by atoms with Gasteiger partial charge in [-0.2, -0.15) is 0 Å². The molecule has 0 aromatic heterocycles. The lowest BCUT2D eigenvalue weighted by Crippen LogP contribution is -2.47. The van der Waals surface area contributed by atoms with E-state index in [-0.39, 0.29) is 25.2 Å². The first-order valence-electron chi connectivity index (χ1n) is 11.5. The first-order valence-corrected chi connectivity index (χ1v) is 11.9. The van der Waals surface area contributed by atoms with Crippen LogP contribution in [0.3, 0.4) is 0 Å². The number of hydrogen-bond acceptors (Lipinski definition) is 5. The van der Waals surface area contributed by atoms with Gasteiger partial charge in [0.25, 0.3) is 11.7 Å². The average molecular weight is 477 g/mol. The highest BCUT2D eigenvalue weighted by Crippen LogP contribution is 2.47. The number of halogens is 1. The van der Waals surface area contributed by atoms with Crippen LogP contribution in [0.25, 0.3) is 0 Å². The second-order valence-corrected chi connectivity index (χ2v) is 9.33. The normalized spacial score (nSPS) is 23.9. The largest absolute Gasteiger partial charge is 0.491 e. The average Bonchev–Trinajstić information content (AvgIpc) is 3.40. The van der Waals surface area contributed by atoms with Crippen LogP contribution in [0.15, 0.2) is 72.8 Å². The lowest BCUT2D eigenvalue weighted by molar-refractivity contribution is -0.187. The van der Waals surface area contributed by atoms with Crippen LogP contribution >= 0.6 is 11.6 Å². The summed E-state index contributed by atoms with van der Waals surface area (Å²) in [6.07, 6.45) is 0.608. The van der Waals surface area contributed by atoms with Crippen molar-refractivity contribution in [3.63, 3.8) is 0 Å². The van der Waals surface area contributed by atoms with Crippen molar-refractivity contribution in [2.45, 2.75) is 24.9 Å². The van der Waals surface area contributed by atoms with Gasteiger partial charge in [-0.05, 0) is 47.9 Å². The molecule has 3 aliphatic rings. The van der Waals surface area contributed by atoms with E-state index in [1.807, 2.05) is 36.4 Å². The molecule has 34 heavy (non-hydrogen) atoms. The quantitative estimate of drug-likeness (QED) is 0.548. The molecule has 3 aromatic rings. The van der Waals surface area contributed by atoms with Gasteiger partial charge in [0, 0.05) is 23.7 Å². The standard InChI is InChI=1S/C27H25ClN2O4/c28-21-9-11-22(12-10-21)32-16-23-17-33-27(34-23)24-7-3-4-8-25(24)30(26(27)31)18-29-14-13-19-5-1-2-6-20(19)15-29/h1-12,23H,13-18H2. The number of amides is 1. The highest BCUT2D eigenvalue weighted by molar-refractivity contribution is 6.30. The van der Waals surface area contributed by atoms with E-state index in [0.717, 1.165) is 30.8 Å². The Hall–Kier alpha value is -2.90. The highest BCUT2D eigenvalue weighted by Gasteiger charge is 2.58. The molecular formula is C27H25ClN2O4. The molecule has 1 fully saturated rings. The van der Waals surface area contributed by atoms with Crippen LogP contribution < -0.4 is 9.64 Å². The van der Waals surface area contributed by atoms with Crippen molar-refractivity contribution in [3.05, 3.63) is 94.5 Å². The maximum atomic E-state index is 13.8. The third-order valence-corrected chi connectivity index (χ3v) is 6.93. The van der Waals surface area contributed by atoms with Gasteiger partial charge in [-0.3, -0.25) is 14.6 Å². The van der Waals surface area contributed by atoms with E-state index in [2.05, 4.69) is 29.2 Å². The molecule has 0 N–H and O–H groups in total. The Balaban J connectivity index is 1.19. The maximum Gasteiger partial charge on any atom is 0.293 e. The number of anilines is 1. The number of rotatable bonds is 5. The molecule has 3 aromatic carbocycles. The zero-order chi connectivity index (χ0) is 23.1. The van der Waals surface area contributed by atoms with Gasteiger partial charge in [-0.25, -0.2) is 0 Å². The zero-order valence-electron chi connectivity index (χ0n) is 18.7. The van der Waals surface area contributed by atoms with Gasteiger partial charge in [-0.1, -0.05) is 54.1 Å². The number of carbonyl (C=O) groups is 1. The predicted octanol–water partition coefficient (Wildman–Crippen LogP) is 4.35. The molecule has 1 saturated heterocycles. The Kier molecular flexibility index (Phi) is 5.54. The summed E-state index contributed by atoms with van der Waals surface area (Å²) in [4.78, 5) is 17.9. The third-order valence-electron chi connectivity index (χ3n) is 6.68. The minimum Gasteiger partial charge on any atom is -0.491 e. The van der Waals surface area contributed by atoms with Gasteiger partial charge in [0.05, 0.1) is 19.0 Å². The number of para-hydroxylation sites is 1. The molecule has 6 rings (SSSR count). The van der Waals surface area contributed by atoms with Crippen LogP contribution in [0.5, 0.6) is 5.75 Å². The number of nitrogens with zero attached hydrogens (tertiary/aromatic N) is 2. The Morgan fingerprint density at radius 2 is 1.76 bits per heavy atom. The maximum absolute atomic E-state index is 13.8. The molecule has 0 aliphatic carbocycles. The van der Waals surface area contributed by atoms with E-state index >= 15 is 0 Å². The van der Waals surface area contributed by atoms with Crippen molar-refractivity contribution in [2.75, 3.05) is 31.3 Å². The molecule has 3 heterocycles. The summed E-state index contributed by atoms with van der Waals surface area (Å²) in [5.74, 6) is -0.904. The van der Waals surface area contributed by atoms with Crippen LogP contribution in [0.2, 0.25) is 5.02 Å². The van der Waals surface area contributed by atoms with Crippen molar-refractivity contribution in [1.82, 2.24) is 4.90 Å². The van der Waals surface area contributed by atoms with Crippen LogP contribution in [-0.2, 0) is 33.0 Å². The highest BCUT2D eigenvalue weighted by atomic mass is 35.5. The monoisotopic (exact) mass is 476 g/mol. The van der Waals surface area contributed by atoms with E-state index < -0.39 is 5.79 Å². The fourth-order valence-corrected chi connectivity index (χ4v) is 5.10. The van der Waals surface area contributed by atoms with Crippen LogP contribution in [0.4, 0.5) is 5.69 Å². The van der Waals surface area contributed by atoms with Crippen LogP contribution in [0, 0.1) is 0 Å². The third kappa shape index (κ3) is 3.77. The van der Waals surface area contributed by atoms with E-state index in [9.17, 15) is 4.79 Å². The fourth-order valence-electron chi connectivity index (χ4n) is 4.97. The summed E-state index contributed by atoms with van der Waals surface area (Å²) in [6, 6.07) is 23.4. The lowest BCUT2D eigenvalue weighted by Gasteiger charge is -2.32. The number of hydrogen-bond donors (Lipinski definition) is 0. The summed E-state index contributed by atoms with van der Waals surface area (Å²) in [5.41, 5.74) is 4.29. The number of benzene rings is 3. The van der Waals surface area contributed by atoms with Gasteiger partial charge in [0.15, 0.2) is 0 Å². The topological polar surface area (TPSA) is 51.2 Å². The Morgan fingerprint density at radius 3 is 2.62 bits per heavy atom. The van der Waals surface area contributed by atoms with Gasteiger partial charge >= 0.3 is 0 Å². The molecule has 0 radical (unpaired) electrons. The summed E-state index contributed by atoms with van der Waals surface area (Å²) in [5, 5.41) is 0.650. The second kappa shape index (κ2) is 8.71. The predicted molar refractivity (Wildman–Crippen MR) is 129 cm³/mol. The fraction of sp³-hybridized carbons (Fsp3) is 0.296. The molecule has 1 amide bonds. The van der Waals surface area contributed by atoms with Gasteiger partial charge < -0.3 is 14.2 Å². The SMILES string of the molecule is O=C1N(CN2CCc3ccccc3C2)c2ccccc2C12OCC(COc1ccc(Cl)cc1)O2. The smallest absolute Gasteiger partial charge is 0.293 e. The summed E-state index contributed by atoms with van der Waals surface area (Å²) < 4.78 is 18.2. The second-order valence-electron chi connectivity index (χ2n) is 8.90. The number of fused-ring (bicyclic) bond motifs is 3. The first kappa shape index (κ1) is 21.6. The summed E-state index contributed by atoms with van der Waals surface area (Å²) in [6.45, 7) is 2.76. The van der Waals surface area contributed by atoms with Crippen molar-refractivity contribution in [1.29, 1.82) is 0 Å².